The molecule has 1 aromatic heterocycles. The molecule has 2 amide bonds. The number of benzene rings is 1. The van der Waals surface area contributed by atoms with Gasteiger partial charge in [0.2, 0.25) is 10.0 Å². The number of ether oxygens (including phenoxy) is 1. The number of hydrogen-bond donors (Lipinski definition) is 1. The van der Waals surface area contributed by atoms with Gasteiger partial charge in [0, 0.05) is 52.0 Å². The summed E-state index contributed by atoms with van der Waals surface area (Å²) < 4.78 is 32.1. The van der Waals surface area contributed by atoms with Crippen LogP contribution in [-0.4, -0.2) is 86.3 Å². The predicted molar refractivity (Wildman–Crippen MR) is 115 cm³/mol. The van der Waals surface area contributed by atoms with Gasteiger partial charge in [-0.15, -0.1) is 0 Å². The fourth-order valence-corrected chi connectivity index (χ4v) is 4.71. The van der Waals surface area contributed by atoms with Gasteiger partial charge in [0.15, 0.2) is 0 Å². The number of sulfonamides is 1. The number of aromatic nitrogens is 1. The average molecular weight is 449 g/mol. The van der Waals surface area contributed by atoms with Crippen LogP contribution in [0.2, 0.25) is 0 Å². The van der Waals surface area contributed by atoms with Gasteiger partial charge in [0.25, 0.3) is 11.8 Å². The molecule has 0 radical (unpaired) electrons. The molecule has 0 unspecified atom stereocenters. The SMILES string of the molecule is CCN(Cc1ccc(C(=O)N(C)C)cc1)C(=O)c1cc(S(=O)(=O)N2CCOCC2)c[nH]1. The molecule has 31 heavy (non-hydrogen) atoms. The first-order valence-corrected chi connectivity index (χ1v) is 11.5. The van der Waals surface area contributed by atoms with E-state index in [2.05, 4.69) is 4.98 Å². The molecule has 1 aromatic carbocycles. The fourth-order valence-electron chi connectivity index (χ4n) is 3.31. The molecule has 1 fully saturated rings. The maximum atomic E-state index is 13.0. The van der Waals surface area contributed by atoms with Crippen molar-refractivity contribution >= 4 is 21.8 Å². The summed E-state index contributed by atoms with van der Waals surface area (Å²) in [6.07, 6.45) is 1.35. The van der Waals surface area contributed by atoms with E-state index >= 15 is 0 Å². The molecular formula is C21H28N4O5S. The largest absolute Gasteiger partial charge is 0.379 e. The van der Waals surface area contributed by atoms with E-state index in [1.54, 1.807) is 31.1 Å². The molecule has 1 N–H and O–H groups in total. The van der Waals surface area contributed by atoms with Crippen LogP contribution in [0.25, 0.3) is 0 Å². The Labute approximate surface area is 182 Å². The highest BCUT2D eigenvalue weighted by Gasteiger charge is 2.28. The quantitative estimate of drug-likeness (QED) is 0.690. The summed E-state index contributed by atoms with van der Waals surface area (Å²) in [5, 5.41) is 0. The lowest BCUT2D eigenvalue weighted by Gasteiger charge is -2.25. The number of H-pyrrole nitrogens is 1. The van der Waals surface area contributed by atoms with Crippen LogP contribution in [0.15, 0.2) is 41.4 Å². The predicted octanol–water partition coefficient (Wildman–Crippen LogP) is 1.40. The van der Waals surface area contributed by atoms with Gasteiger partial charge in [-0.1, -0.05) is 12.1 Å². The van der Waals surface area contributed by atoms with Crippen LogP contribution in [0.1, 0.15) is 33.3 Å². The van der Waals surface area contributed by atoms with Gasteiger partial charge in [-0.05, 0) is 30.7 Å². The van der Waals surface area contributed by atoms with E-state index in [1.165, 1.54) is 21.5 Å². The van der Waals surface area contributed by atoms with E-state index in [0.29, 0.717) is 45.0 Å². The lowest BCUT2D eigenvalue weighted by Crippen LogP contribution is -2.40. The molecule has 0 saturated carbocycles. The van der Waals surface area contributed by atoms with Crippen LogP contribution in [0, 0.1) is 0 Å². The first-order chi connectivity index (χ1) is 14.7. The van der Waals surface area contributed by atoms with Crippen molar-refractivity contribution in [2.75, 3.05) is 46.9 Å². The topological polar surface area (TPSA) is 103 Å². The van der Waals surface area contributed by atoms with Gasteiger partial charge in [-0.3, -0.25) is 9.59 Å². The van der Waals surface area contributed by atoms with Gasteiger partial charge in [-0.25, -0.2) is 8.42 Å². The number of nitrogens with one attached hydrogen (secondary N) is 1. The van der Waals surface area contributed by atoms with Gasteiger partial charge in [-0.2, -0.15) is 4.31 Å². The van der Waals surface area contributed by atoms with Crippen LogP contribution in [0.3, 0.4) is 0 Å². The molecule has 3 rings (SSSR count). The molecule has 168 valence electrons. The number of rotatable bonds is 7. The third-order valence-corrected chi connectivity index (χ3v) is 7.02. The van der Waals surface area contributed by atoms with Crippen molar-refractivity contribution in [3.8, 4) is 0 Å². The second kappa shape index (κ2) is 9.63. The van der Waals surface area contributed by atoms with Gasteiger partial charge in [0.05, 0.1) is 13.2 Å². The zero-order chi connectivity index (χ0) is 22.6. The molecule has 0 spiro atoms. The Bertz CT molecular complexity index is 1020. The smallest absolute Gasteiger partial charge is 0.270 e. The zero-order valence-corrected chi connectivity index (χ0v) is 18.8. The van der Waals surface area contributed by atoms with E-state index in [-0.39, 0.29) is 22.4 Å². The first-order valence-electron chi connectivity index (χ1n) is 10.1. The van der Waals surface area contributed by atoms with Crippen LogP contribution in [0.5, 0.6) is 0 Å². The minimum absolute atomic E-state index is 0.0698. The van der Waals surface area contributed by atoms with Gasteiger partial charge >= 0.3 is 0 Å². The highest BCUT2D eigenvalue weighted by molar-refractivity contribution is 7.89. The van der Waals surface area contributed by atoms with Crippen molar-refractivity contribution in [1.29, 1.82) is 0 Å². The van der Waals surface area contributed by atoms with Crippen molar-refractivity contribution in [3.05, 3.63) is 53.3 Å². The molecule has 0 bridgehead atoms. The lowest BCUT2D eigenvalue weighted by molar-refractivity contribution is 0.0730. The number of nitrogens with zero attached hydrogens (tertiary/aromatic N) is 3. The van der Waals surface area contributed by atoms with Crippen molar-refractivity contribution in [1.82, 2.24) is 19.1 Å². The van der Waals surface area contributed by atoms with Gasteiger partial charge in [0.1, 0.15) is 10.6 Å². The Hall–Kier alpha value is -2.69. The number of carbonyl (C=O) groups excluding carboxylic acids is 2. The Kier molecular flexibility index (Phi) is 7.14. The van der Waals surface area contributed by atoms with E-state index in [9.17, 15) is 18.0 Å². The highest BCUT2D eigenvalue weighted by atomic mass is 32.2. The highest BCUT2D eigenvalue weighted by Crippen LogP contribution is 2.19. The molecule has 1 aliphatic heterocycles. The third-order valence-electron chi connectivity index (χ3n) is 5.14. The molecule has 1 aliphatic rings. The number of hydrogen-bond acceptors (Lipinski definition) is 5. The fraction of sp³-hybridized carbons (Fsp3) is 0.429. The Morgan fingerprint density at radius 3 is 2.32 bits per heavy atom. The summed E-state index contributed by atoms with van der Waals surface area (Å²) in [5.41, 5.74) is 1.66. The van der Waals surface area contributed by atoms with Crippen LogP contribution >= 0.6 is 0 Å². The number of amides is 2. The average Bonchev–Trinajstić information content (AvgIpc) is 3.28. The maximum absolute atomic E-state index is 13.0. The summed E-state index contributed by atoms with van der Waals surface area (Å²) in [4.78, 5) is 31.0. The van der Waals surface area contributed by atoms with Crippen molar-refractivity contribution in [3.63, 3.8) is 0 Å². The number of aromatic amines is 1. The number of morpholine rings is 1. The normalized spacial score (nSPS) is 14.9. The molecular weight excluding hydrogens is 420 g/mol. The summed E-state index contributed by atoms with van der Waals surface area (Å²) >= 11 is 0. The zero-order valence-electron chi connectivity index (χ0n) is 18.0. The van der Waals surface area contributed by atoms with E-state index in [4.69, 9.17) is 4.74 Å². The van der Waals surface area contributed by atoms with Crippen molar-refractivity contribution in [2.45, 2.75) is 18.4 Å². The van der Waals surface area contributed by atoms with Gasteiger partial charge < -0.3 is 19.5 Å². The maximum Gasteiger partial charge on any atom is 0.270 e. The molecule has 2 aromatic rings. The summed E-state index contributed by atoms with van der Waals surface area (Å²) in [7, 11) is -0.286. The summed E-state index contributed by atoms with van der Waals surface area (Å²) in [6, 6.07) is 8.48. The molecule has 9 nitrogen and oxygen atoms in total. The summed E-state index contributed by atoms with van der Waals surface area (Å²) in [5.74, 6) is -0.380. The van der Waals surface area contributed by atoms with E-state index in [0.717, 1.165) is 5.56 Å². The van der Waals surface area contributed by atoms with Crippen LogP contribution in [0.4, 0.5) is 0 Å². The van der Waals surface area contributed by atoms with Crippen molar-refractivity contribution < 1.29 is 22.7 Å². The minimum Gasteiger partial charge on any atom is -0.379 e. The lowest BCUT2D eigenvalue weighted by atomic mass is 10.1. The standard InChI is InChI=1S/C21H28N4O5S/c1-4-24(15-16-5-7-17(8-6-16)20(26)23(2)3)21(27)19-13-18(14-22-19)31(28,29)25-9-11-30-12-10-25/h5-8,13-14,22H,4,9-12,15H2,1-3H3. The molecule has 2 heterocycles. The van der Waals surface area contributed by atoms with E-state index in [1.807, 2.05) is 19.1 Å². The molecule has 10 heteroatoms. The molecule has 0 aliphatic carbocycles. The van der Waals surface area contributed by atoms with Crippen molar-refractivity contribution in [2.24, 2.45) is 0 Å². The molecule has 1 saturated heterocycles. The Morgan fingerprint density at radius 2 is 1.74 bits per heavy atom. The van der Waals surface area contributed by atoms with Crippen LogP contribution < -0.4 is 0 Å². The van der Waals surface area contributed by atoms with E-state index < -0.39 is 10.0 Å². The second-order valence-electron chi connectivity index (χ2n) is 7.48. The van der Waals surface area contributed by atoms with Crippen LogP contribution in [-0.2, 0) is 21.3 Å². The molecule has 0 atom stereocenters. The summed E-state index contributed by atoms with van der Waals surface area (Å²) in [6.45, 7) is 3.96. The third kappa shape index (κ3) is 5.15. The number of carbonyl (C=O) groups is 2. The Morgan fingerprint density at radius 1 is 1.10 bits per heavy atom. The Balaban J connectivity index is 1.72. The second-order valence-corrected chi connectivity index (χ2v) is 9.42. The minimum atomic E-state index is -3.67. The monoisotopic (exact) mass is 448 g/mol. The first kappa shape index (κ1) is 23.0.